The molecular formula is C16H10FN3OS2. The maximum Gasteiger partial charge on any atom is 0.205 e. The monoisotopic (exact) mass is 343 g/mol. The van der Waals surface area contributed by atoms with E-state index < -0.39 is 0 Å². The van der Waals surface area contributed by atoms with Gasteiger partial charge in [-0.3, -0.25) is 0 Å². The SMILES string of the molecule is Fc1ccc(-c2cnc(CSc3ncnc4sccc34)o2)cc1. The number of nitrogens with zero attached hydrogens (tertiary/aromatic N) is 3. The van der Waals surface area contributed by atoms with Crippen molar-refractivity contribution in [2.45, 2.75) is 10.8 Å². The van der Waals surface area contributed by atoms with Gasteiger partial charge in [0.15, 0.2) is 5.76 Å². The van der Waals surface area contributed by atoms with Gasteiger partial charge in [-0.25, -0.2) is 19.3 Å². The number of halogens is 1. The quantitative estimate of drug-likeness (QED) is 0.394. The normalized spacial score (nSPS) is 11.2. The summed E-state index contributed by atoms with van der Waals surface area (Å²) in [6, 6.07) is 8.17. The molecule has 0 radical (unpaired) electrons. The second-order valence-electron chi connectivity index (χ2n) is 4.73. The van der Waals surface area contributed by atoms with E-state index in [4.69, 9.17) is 4.42 Å². The highest BCUT2D eigenvalue weighted by atomic mass is 32.2. The van der Waals surface area contributed by atoms with Gasteiger partial charge in [0.2, 0.25) is 5.89 Å². The van der Waals surface area contributed by atoms with E-state index in [1.807, 2.05) is 11.4 Å². The Hall–Kier alpha value is -2.25. The second-order valence-corrected chi connectivity index (χ2v) is 6.59. The Morgan fingerprint density at radius 1 is 1.09 bits per heavy atom. The van der Waals surface area contributed by atoms with Gasteiger partial charge in [-0.2, -0.15) is 0 Å². The van der Waals surface area contributed by atoms with Crippen LogP contribution in [0.2, 0.25) is 0 Å². The molecule has 0 saturated heterocycles. The van der Waals surface area contributed by atoms with Crippen LogP contribution in [0.15, 0.2) is 57.7 Å². The third kappa shape index (κ3) is 2.97. The zero-order valence-electron chi connectivity index (χ0n) is 11.8. The lowest BCUT2D eigenvalue weighted by Gasteiger charge is -1.99. The Balaban J connectivity index is 1.52. The molecule has 0 bridgehead atoms. The molecule has 0 saturated carbocycles. The van der Waals surface area contributed by atoms with Crippen LogP contribution in [-0.2, 0) is 5.75 Å². The number of rotatable bonds is 4. The van der Waals surface area contributed by atoms with Crippen molar-refractivity contribution in [1.29, 1.82) is 0 Å². The van der Waals surface area contributed by atoms with E-state index in [9.17, 15) is 4.39 Å². The zero-order valence-corrected chi connectivity index (χ0v) is 13.4. The van der Waals surface area contributed by atoms with Gasteiger partial charge in [0.1, 0.15) is 22.0 Å². The van der Waals surface area contributed by atoms with Crippen molar-refractivity contribution in [2.75, 3.05) is 0 Å². The number of aromatic nitrogens is 3. The van der Waals surface area contributed by atoms with Crippen LogP contribution in [0.4, 0.5) is 4.39 Å². The summed E-state index contributed by atoms with van der Waals surface area (Å²) in [4.78, 5) is 13.8. The summed E-state index contributed by atoms with van der Waals surface area (Å²) in [6.45, 7) is 0. The highest BCUT2D eigenvalue weighted by Crippen LogP contribution is 2.30. The Bertz CT molecular complexity index is 949. The minimum Gasteiger partial charge on any atom is -0.440 e. The predicted octanol–water partition coefficient (Wildman–Crippen LogP) is 4.78. The Morgan fingerprint density at radius 2 is 1.96 bits per heavy atom. The summed E-state index contributed by atoms with van der Waals surface area (Å²) in [5.74, 6) is 1.54. The molecule has 114 valence electrons. The largest absolute Gasteiger partial charge is 0.440 e. The number of oxazole rings is 1. The molecule has 4 aromatic rings. The molecule has 0 aliphatic carbocycles. The first-order valence-corrected chi connectivity index (χ1v) is 8.68. The predicted molar refractivity (Wildman–Crippen MR) is 88.9 cm³/mol. The smallest absolute Gasteiger partial charge is 0.205 e. The van der Waals surface area contributed by atoms with Gasteiger partial charge in [0, 0.05) is 10.9 Å². The molecular weight excluding hydrogens is 333 g/mol. The number of hydrogen-bond acceptors (Lipinski definition) is 6. The number of thiophene rings is 1. The van der Waals surface area contributed by atoms with E-state index in [1.54, 1.807) is 47.8 Å². The number of thioether (sulfide) groups is 1. The molecule has 1 aromatic carbocycles. The summed E-state index contributed by atoms with van der Waals surface area (Å²) in [7, 11) is 0. The highest BCUT2D eigenvalue weighted by molar-refractivity contribution is 7.98. The molecule has 7 heteroatoms. The van der Waals surface area contributed by atoms with Gasteiger partial charge >= 0.3 is 0 Å². The molecule has 0 aliphatic rings. The summed E-state index contributed by atoms with van der Waals surface area (Å²) >= 11 is 3.15. The van der Waals surface area contributed by atoms with Gasteiger partial charge in [-0.05, 0) is 35.7 Å². The molecule has 0 N–H and O–H groups in total. The maximum atomic E-state index is 13.0. The summed E-state index contributed by atoms with van der Waals surface area (Å²) in [5.41, 5.74) is 0.803. The van der Waals surface area contributed by atoms with E-state index in [0.29, 0.717) is 17.4 Å². The van der Waals surface area contributed by atoms with Crippen molar-refractivity contribution in [3.63, 3.8) is 0 Å². The fraction of sp³-hybridized carbons (Fsp3) is 0.0625. The third-order valence-electron chi connectivity index (χ3n) is 3.24. The number of hydrogen-bond donors (Lipinski definition) is 0. The third-order valence-corrected chi connectivity index (χ3v) is 5.05. The van der Waals surface area contributed by atoms with E-state index in [1.165, 1.54) is 12.1 Å². The molecule has 0 aliphatic heterocycles. The van der Waals surface area contributed by atoms with Crippen molar-refractivity contribution in [1.82, 2.24) is 15.0 Å². The van der Waals surface area contributed by atoms with Crippen LogP contribution in [0, 0.1) is 5.82 Å². The van der Waals surface area contributed by atoms with Crippen molar-refractivity contribution >= 4 is 33.3 Å². The topological polar surface area (TPSA) is 51.8 Å². The lowest BCUT2D eigenvalue weighted by atomic mass is 10.2. The van der Waals surface area contributed by atoms with E-state index in [0.717, 1.165) is 20.8 Å². The van der Waals surface area contributed by atoms with Crippen LogP contribution >= 0.6 is 23.1 Å². The van der Waals surface area contributed by atoms with Gasteiger partial charge in [0.05, 0.1) is 11.9 Å². The summed E-state index contributed by atoms with van der Waals surface area (Å²) in [5, 5.41) is 3.96. The van der Waals surface area contributed by atoms with Crippen molar-refractivity contribution < 1.29 is 8.81 Å². The molecule has 4 rings (SSSR count). The maximum absolute atomic E-state index is 13.0. The van der Waals surface area contributed by atoms with E-state index >= 15 is 0 Å². The minimum absolute atomic E-state index is 0.271. The average molecular weight is 343 g/mol. The molecule has 0 spiro atoms. The molecule has 4 nitrogen and oxygen atoms in total. The van der Waals surface area contributed by atoms with Crippen LogP contribution in [-0.4, -0.2) is 15.0 Å². The first-order chi connectivity index (χ1) is 11.3. The average Bonchev–Trinajstić information content (AvgIpc) is 3.23. The fourth-order valence-corrected chi connectivity index (χ4v) is 3.77. The van der Waals surface area contributed by atoms with Gasteiger partial charge in [-0.15, -0.1) is 11.3 Å². The van der Waals surface area contributed by atoms with Crippen molar-refractivity contribution in [3.8, 4) is 11.3 Å². The second kappa shape index (κ2) is 6.10. The molecule has 3 heterocycles. The summed E-state index contributed by atoms with van der Waals surface area (Å²) < 4.78 is 18.7. The van der Waals surface area contributed by atoms with Crippen LogP contribution in [0.25, 0.3) is 21.5 Å². The standard InChI is InChI=1S/C16H10FN3OS2/c17-11-3-1-10(2-4-11)13-7-18-14(21-13)8-23-16-12-5-6-22-15(12)19-9-20-16/h1-7,9H,8H2. The summed E-state index contributed by atoms with van der Waals surface area (Å²) in [6.07, 6.45) is 3.23. The molecule has 0 atom stereocenters. The van der Waals surface area contributed by atoms with E-state index in [-0.39, 0.29) is 5.82 Å². The molecule has 3 aromatic heterocycles. The van der Waals surface area contributed by atoms with Crippen LogP contribution < -0.4 is 0 Å². The Morgan fingerprint density at radius 3 is 2.83 bits per heavy atom. The minimum atomic E-state index is -0.271. The van der Waals surface area contributed by atoms with Crippen molar-refractivity contribution in [3.05, 3.63) is 59.9 Å². The lowest BCUT2D eigenvalue weighted by Crippen LogP contribution is -1.85. The zero-order chi connectivity index (χ0) is 15.6. The van der Waals surface area contributed by atoms with Gasteiger partial charge in [-0.1, -0.05) is 11.8 Å². The van der Waals surface area contributed by atoms with Crippen molar-refractivity contribution in [2.24, 2.45) is 0 Å². The molecule has 23 heavy (non-hydrogen) atoms. The first kappa shape index (κ1) is 14.3. The van der Waals surface area contributed by atoms with Crippen LogP contribution in [0.3, 0.4) is 0 Å². The van der Waals surface area contributed by atoms with Gasteiger partial charge in [0.25, 0.3) is 0 Å². The lowest BCUT2D eigenvalue weighted by molar-refractivity contribution is 0.529. The number of fused-ring (bicyclic) bond motifs is 1. The first-order valence-electron chi connectivity index (χ1n) is 6.81. The number of benzene rings is 1. The molecule has 0 amide bonds. The highest BCUT2D eigenvalue weighted by Gasteiger charge is 2.10. The Labute approximate surface area is 139 Å². The van der Waals surface area contributed by atoms with Gasteiger partial charge < -0.3 is 4.42 Å². The van der Waals surface area contributed by atoms with Crippen LogP contribution in [0.1, 0.15) is 5.89 Å². The molecule has 0 unspecified atom stereocenters. The fourth-order valence-electron chi connectivity index (χ4n) is 2.14. The molecule has 0 fully saturated rings. The Kier molecular flexibility index (Phi) is 3.80. The van der Waals surface area contributed by atoms with Crippen LogP contribution in [0.5, 0.6) is 0 Å². The van der Waals surface area contributed by atoms with E-state index in [2.05, 4.69) is 15.0 Å².